The van der Waals surface area contributed by atoms with Crippen molar-refractivity contribution in [3.05, 3.63) is 93.5 Å². The van der Waals surface area contributed by atoms with Crippen LogP contribution >= 0.6 is 0 Å². The zero-order valence-corrected chi connectivity index (χ0v) is 28.1. The van der Waals surface area contributed by atoms with Gasteiger partial charge in [-0.15, -0.1) is 0 Å². The molecule has 2 unspecified atom stereocenters. The third-order valence-electron chi connectivity index (χ3n) is 9.19. The van der Waals surface area contributed by atoms with Gasteiger partial charge < -0.3 is 29.2 Å². The second-order valence-electron chi connectivity index (χ2n) is 11.9. The first-order valence-electron chi connectivity index (χ1n) is 13.7. The number of rotatable bonds is 2. The molecule has 5 aliphatic rings. The summed E-state index contributed by atoms with van der Waals surface area (Å²) < 4.78 is 6.41. The predicted molar refractivity (Wildman–Crippen MR) is 150 cm³/mol. The number of halogens is 2. The molecule has 1 saturated carbocycles. The molecule has 3 heterocycles. The van der Waals surface area contributed by atoms with Crippen molar-refractivity contribution in [1.82, 2.24) is 0 Å². The summed E-state index contributed by atoms with van der Waals surface area (Å²) in [6.07, 6.45) is 9.40. The van der Waals surface area contributed by atoms with Gasteiger partial charge in [-0.25, -0.2) is 0 Å². The molecule has 3 aromatic rings. The minimum absolute atomic E-state index is 0. The van der Waals surface area contributed by atoms with Crippen LogP contribution in [0.4, 0.5) is 0 Å². The van der Waals surface area contributed by atoms with E-state index in [0.29, 0.717) is 3.63 Å². The normalized spacial score (nSPS) is 22.2. The quantitative estimate of drug-likeness (QED) is 0.391. The van der Waals surface area contributed by atoms with Crippen LogP contribution in [0.3, 0.4) is 0 Å². The van der Waals surface area contributed by atoms with Crippen molar-refractivity contribution in [2.24, 2.45) is 0 Å². The van der Waals surface area contributed by atoms with Crippen LogP contribution in [-0.4, -0.2) is 8.07 Å². The molecule has 8 rings (SSSR count). The number of hydrogen-bond donors (Lipinski definition) is 0. The fraction of sp³-hybridized carbons (Fsp3) is 0.394. The van der Waals surface area contributed by atoms with Gasteiger partial charge in [0.05, 0.1) is 8.07 Å². The summed E-state index contributed by atoms with van der Waals surface area (Å²) in [5.41, 5.74) is 12.7. The van der Waals surface area contributed by atoms with Gasteiger partial charge in [0.2, 0.25) is 0 Å². The third kappa shape index (κ3) is 4.85. The van der Waals surface area contributed by atoms with E-state index in [1.165, 1.54) is 71.3 Å². The molecule has 5 heteroatoms. The number of allylic oxidation sites excluding steroid dienone is 2. The molecule has 2 aromatic carbocycles. The molecule has 2 atom stereocenters. The van der Waals surface area contributed by atoms with Crippen molar-refractivity contribution in [3.8, 4) is 11.1 Å². The minimum Gasteiger partial charge on any atom is -1.00 e. The average Bonchev–Trinajstić information content (AvgIpc) is 3.53. The predicted octanol–water partition coefficient (Wildman–Crippen LogP) is 3.67. The molecular weight excluding hydrogens is 603 g/mol. The summed E-state index contributed by atoms with van der Waals surface area (Å²) in [6, 6.07) is 18.5. The van der Waals surface area contributed by atoms with Gasteiger partial charge in [0.1, 0.15) is 11.5 Å². The van der Waals surface area contributed by atoms with E-state index in [2.05, 4.69) is 81.5 Å². The number of fused-ring (bicyclic) bond motifs is 1. The molecular formula is C33H37Cl2OSiZr. The molecule has 0 N–H and O–H groups in total. The number of aryl methyl sites for hydroxylation is 1. The average molecular weight is 640 g/mol. The maximum Gasteiger partial charge on any atom is -1.00 e. The molecule has 0 spiro atoms. The third-order valence-corrected chi connectivity index (χ3v) is 15.2. The topological polar surface area (TPSA) is 13.1 Å². The van der Waals surface area contributed by atoms with Gasteiger partial charge in [0.15, 0.2) is 0 Å². The Labute approximate surface area is 257 Å². The van der Waals surface area contributed by atoms with Crippen LogP contribution in [0, 0.1) is 6.92 Å². The maximum atomic E-state index is 5.76. The van der Waals surface area contributed by atoms with E-state index in [9.17, 15) is 0 Å². The summed E-state index contributed by atoms with van der Waals surface area (Å²) in [6.45, 7) is 11.5. The zero-order chi connectivity index (χ0) is 25.2. The van der Waals surface area contributed by atoms with Crippen molar-refractivity contribution >= 4 is 19.3 Å². The fourth-order valence-electron chi connectivity index (χ4n) is 7.47. The number of hydrogen-bond acceptors (Lipinski definition) is 1. The Bertz CT molecular complexity index is 1390. The molecule has 1 fully saturated rings. The monoisotopic (exact) mass is 637 g/mol. The summed E-state index contributed by atoms with van der Waals surface area (Å²) in [5, 5.41) is 1.60. The van der Waals surface area contributed by atoms with Gasteiger partial charge in [-0.2, -0.15) is 0 Å². The van der Waals surface area contributed by atoms with E-state index in [4.69, 9.17) is 4.42 Å². The molecule has 0 amide bonds. The molecule has 2 aliphatic heterocycles. The number of benzene rings is 2. The Morgan fingerprint density at radius 2 is 1.55 bits per heavy atom. The van der Waals surface area contributed by atoms with Crippen LogP contribution in [0.25, 0.3) is 22.4 Å². The molecule has 38 heavy (non-hydrogen) atoms. The first kappa shape index (κ1) is 29.9. The zero-order valence-electron chi connectivity index (χ0n) is 23.1. The minimum atomic E-state index is -1.10. The second-order valence-corrected chi connectivity index (χ2v) is 17.9. The Balaban J connectivity index is 0.000000191. The maximum absolute atomic E-state index is 5.76. The standard InChI is InChI=1S/C22H23.C11H14OSi.2ClH.Zr/c1-16-14-20-8-5-9-21(22(20)15-16)19-12-10-18(11-13-19)17-6-3-2-4-7-17;1-6-5-8-9(12-6)11-7(2)10(8)13(11,3)4;;;/h5,8-15,17H,2-4,6-7H2,1H3;5,10H,1-4H3;2*1H;/q;;;;+2/p-2. The molecule has 1 nitrogen and oxygen atoms in total. The molecule has 197 valence electrons. The Morgan fingerprint density at radius 3 is 2.18 bits per heavy atom. The van der Waals surface area contributed by atoms with Crippen molar-refractivity contribution in [3.63, 3.8) is 0 Å². The largest absolute Gasteiger partial charge is 1.00 e. The SMILES string of the molecule is CC1=C2c3oc(C)cc3C1[Si]2(C)C.CC1=Cc2c(-c3ccc(C4CCCCC4)cc3)cccc2[CH]1[Zr+2].[Cl-].[Cl-]. The van der Waals surface area contributed by atoms with Crippen molar-refractivity contribution in [2.75, 3.05) is 0 Å². The van der Waals surface area contributed by atoms with Gasteiger partial charge in [0, 0.05) is 11.1 Å². The Morgan fingerprint density at radius 1 is 0.868 bits per heavy atom. The van der Waals surface area contributed by atoms with E-state index in [-0.39, 0.29) is 24.8 Å². The van der Waals surface area contributed by atoms with E-state index in [1.54, 1.807) is 41.1 Å². The summed E-state index contributed by atoms with van der Waals surface area (Å²) >= 11 is 1.60. The van der Waals surface area contributed by atoms with Gasteiger partial charge in [-0.05, 0) is 25.1 Å². The first-order valence-corrected chi connectivity index (χ1v) is 18.2. The van der Waals surface area contributed by atoms with Crippen molar-refractivity contribution < 1.29 is 54.0 Å². The first-order chi connectivity index (χ1) is 17.3. The van der Waals surface area contributed by atoms with E-state index in [1.807, 2.05) is 6.92 Å². The fourth-order valence-corrected chi connectivity index (χ4v) is 12.5. The van der Waals surface area contributed by atoms with Crippen LogP contribution in [0.2, 0.25) is 13.1 Å². The molecule has 0 saturated heterocycles. The Kier molecular flexibility index (Phi) is 8.96. The van der Waals surface area contributed by atoms with Gasteiger partial charge >= 0.3 is 155 Å². The van der Waals surface area contributed by atoms with Crippen LogP contribution in [0.15, 0.2) is 64.1 Å². The second kappa shape index (κ2) is 11.4. The summed E-state index contributed by atoms with van der Waals surface area (Å²) in [4.78, 5) is 0. The van der Waals surface area contributed by atoms with Gasteiger partial charge in [-0.1, -0.05) is 18.7 Å². The van der Waals surface area contributed by atoms with Gasteiger partial charge in [-0.3, -0.25) is 0 Å². The summed E-state index contributed by atoms with van der Waals surface area (Å²) in [7, 11) is -1.10. The molecule has 3 aliphatic carbocycles. The van der Waals surface area contributed by atoms with Crippen molar-refractivity contribution in [1.29, 1.82) is 0 Å². The van der Waals surface area contributed by atoms with E-state index >= 15 is 0 Å². The van der Waals surface area contributed by atoms with E-state index in [0.717, 1.165) is 17.2 Å². The molecule has 0 radical (unpaired) electrons. The van der Waals surface area contributed by atoms with Gasteiger partial charge in [0.25, 0.3) is 0 Å². The van der Waals surface area contributed by atoms with E-state index < -0.39 is 8.07 Å². The van der Waals surface area contributed by atoms with Crippen LogP contribution in [-0.2, 0) is 24.7 Å². The molecule has 1 aromatic heterocycles. The van der Waals surface area contributed by atoms with Crippen molar-refractivity contribution in [2.45, 2.75) is 81.1 Å². The Hall–Kier alpha value is -1.12. The van der Waals surface area contributed by atoms with Crippen LogP contribution < -0.4 is 24.8 Å². The van der Waals surface area contributed by atoms with Crippen LogP contribution in [0.1, 0.15) is 94.8 Å². The van der Waals surface area contributed by atoms with Crippen LogP contribution in [0.5, 0.6) is 0 Å². The smallest absolute Gasteiger partial charge is 1.00 e. The number of furan rings is 1. The molecule has 2 bridgehead atoms. The summed E-state index contributed by atoms with van der Waals surface area (Å²) in [5.74, 6) is 3.10.